The highest BCUT2D eigenvalue weighted by Crippen LogP contribution is 2.10. The van der Waals surface area contributed by atoms with Crippen LogP contribution >= 0.6 is 22.6 Å². The SMILES string of the molecule is O=C(O)c1cn(CCNC(=O)c2ccccc2I)nn1. The summed E-state index contributed by atoms with van der Waals surface area (Å²) in [7, 11) is 0. The zero-order chi connectivity index (χ0) is 14.5. The number of carbonyl (C=O) groups excluding carboxylic acids is 1. The van der Waals surface area contributed by atoms with Crippen molar-refractivity contribution in [1.29, 1.82) is 0 Å². The van der Waals surface area contributed by atoms with Crippen LogP contribution in [-0.2, 0) is 6.54 Å². The molecule has 0 saturated heterocycles. The van der Waals surface area contributed by atoms with E-state index >= 15 is 0 Å². The number of halogens is 1. The lowest BCUT2D eigenvalue weighted by molar-refractivity contribution is 0.0690. The van der Waals surface area contributed by atoms with E-state index in [0.717, 1.165) is 3.57 Å². The van der Waals surface area contributed by atoms with E-state index in [0.29, 0.717) is 18.7 Å². The molecule has 0 bridgehead atoms. The quantitative estimate of drug-likeness (QED) is 0.748. The minimum Gasteiger partial charge on any atom is -0.476 e. The van der Waals surface area contributed by atoms with E-state index in [9.17, 15) is 9.59 Å². The van der Waals surface area contributed by atoms with Gasteiger partial charge in [-0.15, -0.1) is 5.10 Å². The minimum absolute atomic E-state index is 0.117. The first-order chi connectivity index (χ1) is 9.58. The summed E-state index contributed by atoms with van der Waals surface area (Å²) in [5.41, 5.74) is 0.492. The van der Waals surface area contributed by atoms with Crippen LogP contribution in [0.5, 0.6) is 0 Å². The van der Waals surface area contributed by atoms with Gasteiger partial charge in [0.15, 0.2) is 5.69 Å². The number of rotatable bonds is 5. The predicted molar refractivity (Wildman–Crippen MR) is 78.5 cm³/mol. The van der Waals surface area contributed by atoms with Gasteiger partial charge in [0.25, 0.3) is 5.91 Å². The van der Waals surface area contributed by atoms with E-state index in [-0.39, 0.29) is 11.6 Å². The van der Waals surface area contributed by atoms with Crippen LogP contribution in [0.15, 0.2) is 30.5 Å². The Balaban J connectivity index is 1.88. The Kier molecular flexibility index (Phi) is 4.66. The molecule has 0 aliphatic rings. The molecular weight excluding hydrogens is 375 g/mol. The molecule has 0 radical (unpaired) electrons. The molecule has 2 aromatic rings. The van der Waals surface area contributed by atoms with Gasteiger partial charge in [0, 0.05) is 10.1 Å². The summed E-state index contributed by atoms with van der Waals surface area (Å²) in [6.07, 6.45) is 1.32. The Morgan fingerprint density at radius 3 is 2.75 bits per heavy atom. The molecule has 0 aliphatic heterocycles. The van der Waals surface area contributed by atoms with Crippen molar-refractivity contribution in [2.24, 2.45) is 0 Å². The molecule has 0 aliphatic carbocycles. The molecule has 20 heavy (non-hydrogen) atoms. The van der Waals surface area contributed by atoms with Crippen LogP contribution in [0.2, 0.25) is 0 Å². The fourth-order valence-electron chi connectivity index (χ4n) is 1.53. The van der Waals surface area contributed by atoms with E-state index < -0.39 is 5.97 Å². The summed E-state index contributed by atoms with van der Waals surface area (Å²) in [6, 6.07) is 7.26. The second-order valence-corrected chi connectivity index (χ2v) is 5.07. The van der Waals surface area contributed by atoms with Crippen LogP contribution in [0, 0.1) is 3.57 Å². The summed E-state index contributed by atoms with van der Waals surface area (Å²) in [4.78, 5) is 22.5. The summed E-state index contributed by atoms with van der Waals surface area (Å²) >= 11 is 2.10. The monoisotopic (exact) mass is 386 g/mol. The number of amides is 1. The first-order valence-electron chi connectivity index (χ1n) is 5.74. The van der Waals surface area contributed by atoms with Crippen LogP contribution in [0.4, 0.5) is 0 Å². The largest absolute Gasteiger partial charge is 0.476 e. The van der Waals surface area contributed by atoms with Crippen molar-refractivity contribution in [1.82, 2.24) is 20.3 Å². The molecule has 0 atom stereocenters. The molecule has 0 fully saturated rings. The van der Waals surface area contributed by atoms with Gasteiger partial charge in [0.2, 0.25) is 0 Å². The molecule has 7 nitrogen and oxygen atoms in total. The summed E-state index contributed by atoms with van der Waals surface area (Å²) in [5, 5.41) is 18.6. The Morgan fingerprint density at radius 2 is 2.10 bits per heavy atom. The maximum absolute atomic E-state index is 11.9. The van der Waals surface area contributed by atoms with Crippen molar-refractivity contribution in [2.75, 3.05) is 6.54 Å². The number of nitrogens with zero attached hydrogens (tertiary/aromatic N) is 3. The van der Waals surface area contributed by atoms with E-state index in [2.05, 4.69) is 38.2 Å². The molecule has 1 aromatic carbocycles. The fraction of sp³-hybridized carbons (Fsp3) is 0.167. The Morgan fingerprint density at radius 1 is 1.35 bits per heavy atom. The third kappa shape index (κ3) is 3.53. The second-order valence-electron chi connectivity index (χ2n) is 3.91. The Labute approximate surface area is 128 Å². The normalized spacial score (nSPS) is 10.2. The van der Waals surface area contributed by atoms with Crippen LogP contribution < -0.4 is 5.32 Å². The average Bonchev–Trinajstić information content (AvgIpc) is 2.88. The molecule has 0 unspecified atom stereocenters. The first kappa shape index (κ1) is 14.4. The molecular formula is C12H11IN4O3. The highest BCUT2D eigenvalue weighted by Gasteiger charge is 2.10. The smallest absolute Gasteiger partial charge is 0.358 e. The van der Waals surface area contributed by atoms with Crippen LogP contribution in [0.3, 0.4) is 0 Å². The topological polar surface area (TPSA) is 97.1 Å². The van der Waals surface area contributed by atoms with Gasteiger partial charge < -0.3 is 10.4 Å². The molecule has 1 heterocycles. The van der Waals surface area contributed by atoms with Crippen molar-refractivity contribution in [3.8, 4) is 0 Å². The third-order valence-electron chi connectivity index (χ3n) is 2.50. The molecule has 0 saturated carbocycles. The average molecular weight is 386 g/mol. The summed E-state index contributed by atoms with van der Waals surface area (Å²) in [6.45, 7) is 0.696. The number of nitrogens with one attached hydrogen (secondary N) is 1. The van der Waals surface area contributed by atoms with Crippen molar-refractivity contribution >= 4 is 34.5 Å². The number of hydrogen-bond acceptors (Lipinski definition) is 4. The predicted octanol–water partition coefficient (Wildman–Crippen LogP) is 1.01. The summed E-state index contributed by atoms with van der Waals surface area (Å²) in [5.74, 6) is -1.30. The van der Waals surface area contributed by atoms with Gasteiger partial charge in [0.05, 0.1) is 18.3 Å². The van der Waals surface area contributed by atoms with Gasteiger partial charge >= 0.3 is 5.97 Å². The van der Waals surface area contributed by atoms with Gasteiger partial charge in [-0.3, -0.25) is 4.79 Å². The van der Waals surface area contributed by atoms with E-state index in [4.69, 9.17) is 5.11 Å². The number of benzene rings is 1. The number of aromatic nitrogens is 3. The minimum atomic E-state index is -1.13. The second kappa shape index (κ2) is 6.46. The van der Waals surface area contributed by atoms with Gasteiger partial charge in [-0.2, -0.15) is 0 Å². The molecule has 1 amide bonds. The van der Waals surface area contributed by atoms with Crippen molar-refractivity contribution in [2.45, 2.75) is 6.54 Å². The number of carboxylic acids is 1. The molecule has 2 N–H and O–H groups in total. The zero-order valence-electron chi connectivity index (χ0n) is 10.3. The maximum atomic E-state index is 11.9. The molecule has 2 rings (SSSR count). The van der Waals surface area contributed by atoms with Gasteiger partial charge in [-0.1, -0.05) is 17.3 Å². The summed E-state index contributed by atoms with van der Waals surface area (Å²) < 4.78 is 2.25. The maximum Gasteiger partial charge on any atom is 0.358 e. The van der Waals surface area contributed by atoms with E-state index in [1.54, 1.807) is 12.1 Å². The number of aromatic carboxylic acids is 1. The lowest BCUT2D eigenvalue weighted by Crippen LogP contribution is -2.28. The van der Waals surface area contributed by atoms with Crippen LogP contribution in [0.25, 0.3) is 0 Å². The van der Waals surface area contributed by atoms with Crippen molar-refractivity contribution in [3.05, 3.63) is 45.3 Å². The standard InChI is InChI=1S/C12H11IN4O3/c13-9-4-2-1-3-8(9)11(18)14-5-6-17-7-10(12(19)20)15-16-17/h1-4,7H,5-6H2,(H,14,18)(H,19,20). The molecule has 1 aromatic heterocycles. The van der Waals surface area contributed by atoms with Gasteiger partial charge in [-0.05, 0) is 34.7 Å². The number of carboxylic acid groups (broad SMARTS) is 1. The Bertz CT molecular complexity index is 641. The third-order valence-corrected chi connectivity index (χ3v) is 3.44. The van der Waals surface area contributed by atoms with E-state index in [1.807, 2.05) is 12.1 Å². The molecule has 8 heteroatoms. The Hall–Kier alpha value is -1.97. The number of hydrogen-bond donors (Lipinski definition) is 2. The highest BCUT2D eigenvalue weighted by molar-refractivity contribution is 14.1. The van der Waals surface area contributed by atoms with Gasteiger partial charge in [-0.25, -0.2) is 9.48 Å². The van der Waals surface area contributed by atoms with Crippen LogP contribution in [-0.4, -0.2) is 38.5 Å². The lowest BCUT2D eigenvalue weighted by atomic mass is 10.2. The fourth-order valence-corrected chi connectivity index (χ4v) is 2.16. The highest BCUT2D eigenvalue weighted by atomic mass is 127. The van der Waals surface area contributed by atoms with Gasteiger partial charge in [0.1, 0.15) is 0 Å². The zero-order valence-corrected chi connectivity index (χ0v) is 12.4. The van der Waals surface area contributed by atoms with E-state index in [1.165, 1.54) is 10.9 Å². The molecule has 0 spiro atoms. The van der Waals surface area contributed by atoms with Crippen LogP contribution in [0.1, 0.15) is 20.8 Å². The number of carbonyl (C=O) groups is 2. The van der Waals surface area contributed by atoms with Crippen molar-refractivity contribution < 1.29 is 14.7 Å². The first-order valence-corrected chi connectivity index (χ1v) is 6.82. The van der Waals surface area contributed by atoms with Crippen molar-refractivity contribution in [3.63, 3.8) is 0 Å². The molecule has 104 valence electrons. The lowest BCUT2D eigenvalue weighted by Gasteiger charge is -2.06.